The molecule has 1 aliphatic heterocycles. The highest BCUT2D eigenvalue weighted by Crippen LogP contribution is 2.39. The second-order valence-corrected chi connectivity index (χ2v) is 10.6. The number of aromatic nitrogens is 3. The van der Waals surface area contributed by atoms with Crippen LogP contribution in [0.2, 0.25) is 0 Å². The van der Waals surface area contributed by atoms with Crippen molar-refractivity contribution in [3.8, 4) is 0 Å². The monoisotopic (exact) mass is 555 g/mol. The standard InChI is InChI=1S/C26H26F5N3O3S/c1-16(18-3-5-19(6-4-18)26(29,30)31)9-24-36-11-21(12-37-24)38-17(2)25(35,13-34-15-32-14-33-34)22-8-7-20(27)10-23(22)28/h3-10,14-15,17,21,24,35H,11-13H2,1-2H3/b16-9+/t17-,21?,24?,25-/m1/s1. The fourth-order valence-corrected chi connectivity index (χ4v) is 5.45. The van der Waals surface area contributed by atoms with Crippen LogP contribution in [0.15, 0.2) is 61.2 Å². The quantitative estimate of drug-likeness (QED) is 0.374. The number of nitrogens with zero attached hydrogens (tertiary/aromatic N) is 3. The topological polar surface area (TPSA) is 69.4 Å². The first-order chi connectivity index (χ1) is 18.0. The average Bonchev–Trinajstić information content (AvgIpc) is 3.37. The highest BCUT2D eigenvalue weighted by atomic mass is 32.2. The van der Waals surface area contributed by atoms with Gasteiger partial charge in [-0.1, -0.05) is 25.1 Å². The zero-order valence-corrected chi connectivity index (χ0v) is 21.3. The minimum Gasteiger partial charge on any atom is -0.382 e. The first-order valence-corrected chi connectivity index (χ1v) is 12.6. The third-order valence-corrected chi connectivity index (χ3v) is 7.74. The molecule has 1 saturated heterocycles. The molecule has 0 bridgehead atoms. The van der Waals surface area contributed by atoms with Crippen LogP contribution >= 0.6 is 11.8 Å². The first kappa shape index (κ1) is 28.2. The van der Waals surface area contributed by atoms with E-state index in [1.807, 2.05) is 0 Å². The van der Waals surface area contributed by atoms with E-state index in [0.717, 1.165) is 24.3 Å². The molecular weight excluding hydrogens is 529 g/mol. The molecule has 1 aliphatic rings. The van der Waals surface area contributed by atoms with Crippen LogP contribution in [-0.4, -0.2) is 49.9 Å². The Morgan fingerprint density at radius 3 is 2.42 bits per heavy atom. The maximum Gasteiger partial charge on any atom is 0.416 e. The highest BCUT2D eigenvalue weighted by Gasteiger charge is 2.41. The van der Waals surface area contributed by atoms with E-state index >= 15 is 0 Å². The van der Waals surface area contributed by atoms with Crippen LogP contribution in [0.3, 0.4) is 0 Å². The minimum atomic E-state index is -4.40. The highest BCUT2D eigenvalue weighted by molar-refractivity contribution is 8.00. The molecule has 2 atom stereocenters. The molecule has 0 amide bonds. The number of ether oxygens (including phenoxy) is 2. The summed E-state index contributed by atoms with van der Waals surface area (Å²) < 4.78 is 79.7. The predicted octanol–water partition coefficient (Wildman–Crippen LogP) is 5.43. The summed E-state index contributed by atoms with van der Waals surface area (Å²) in [6, 6.07) is 7.86. The molecule has 6 nitrogen and oxygen atoms in total. The molecule has 1 aromatic heterocycles. The summed E-state index contributed by atoms with van der Waals surface area (Å²) in [5.74, 6) is -1.63. The molecular formula is C26H26F5N3O3S. The fourth-order valence-electron chi connectivity index (χ4n) is 4.13. The lowest BCUT2D eigenvalue weighted by Crippen LogP contribution is -2.43. The largest absolute Gasteiger partial charge is 0.416 e. The van der Waals surface area contributed by atoms with E-state index < -0.39 is 40.5 Å². The van der Waals surface area contributed by atoms with Crippen molar-refractivity contribution in [1.29, 1.82) is 0 Å². The molecule has 0 radical (unpaired) electrons. The summed E-state index contributed by atoms with van der Waals surface area (Å²) in [7, 11) is 0. The Bertz CT molecular complexity index is 1250. The fraction of sp³-hybridized carbons (Fsp3) is 0.385. The Morgan fingerprint density at radius 1 is 1.16 bits per heavy atom. The summed E-state index contributed by atoms with van der Waals surface area (Å²) in [5.41, 5.74) is -1.25. The maximum atomic E-state index is 14.7. The van der Waals surface area contributed by atoms with Crippen LogP contribution in [0.25, 0.3) is 5.57 Å². The van der Waals surface area contributed by atoms with E-state index in [4.69, 9.17) is 9.47 Å². The van der Waals surface area contributed by atoms with Gasteiger partial charge < -0.3 is 14.6 Å². The Kier molecular flexibility index (Phi) is 8.55. The van der Waals surface area contributed by atoms with E-state index in [-0.39, 0.29) is 30.6 Å². The van der Waals surface area contributed by atoms with E-state index in [1.54, 1.807) is 19.9 Å². The smallest absolute Gasteiger partial charge is 0.382 e. The third kappa shape index (κ3) is 6.60. The van der Waals surface area contributed by atoms with E-state index in [2.05, 4.69) is 10.1 Å². The Hall–Kier alpha value is -2.80. The number of alkyl halides is 3. The Balaban J connectivity index is 1.41. The summed E-state index contributed by atoms with van der Waals surface area (Å²) in [6.07, 6.45) is -0.732. The van der Waals surface area contributed by atoms with Crippen molar-refractivity contribution in [1.82, 2.24) is 14.8 Å². The number of thioether (sulfide) groups is 1. The summed E-state index contributed by atoms with van der Waals surface area (Å²) in [4.78, 5) is 3.87. The third-order valence-electron chi connectivity index (χ3n) is 6.28. The van der Waals surface area contributed by atoms with Gasteiger partial charge in [0.2, 0.25) is 0 Å². The molecule has 0 spiro atoms. The summed E-state index contributed by atoms with van der Waals surface area (Å²) >= 11 is 1.33. The molecule has 2 heterocycles. The van der Waals surface area contributed by atoms with Crippen molar-refractivity contribution < 1.29 is 36.5 Å². The van der Waals surface area contributed by atoms with Crippen LogP contribution in [0, 0.1) is 11.6 Å². The van der Waals surface area contributed by atoms with Crippen molar-refractivity contribution >= 4 is 17.3 Å². The van der Waals surface area contributed by atoms with Gasteiger partial charge in [-0.3, -0.25) is 0 Å². The molecule has 1 N–H and O–H groups in total. The van der Waals surface area contributed by atoms with Crippen LogP contribution in [0.5, 0.6) is 0 Å². The molecule has 204 valence electrons. The summed E-state index contributed by atoms with van der Waals surface area (Å²) in [6.45, 7) is 3.87. The SMILES string of the molecule is C/C(=C\C1OCC(S[C@H](C)[C@](O)(Cn2cncn2)c2ccc(F)cc2F)CO1)c1ccc(C(F)(F)F)cc1. The van der Waals surface area contributed by atoms with Gasteiger partial charge in [0.15, 0.2) is 6.29 Å². The molecule has 0 unspecified atom stereocenters. The normalized spacial score (nSPS) is 21.2. The molecule has 3 aromatic rings. The van der Waals surface area contributed by atoms with Gasteiger partial charge in [-0.15, -0.1) is 11.8 Å². The average molecular weight is 556 g/mol. The van der Waals surface area contributed by atoms with Gasteiger partial charge in [0, 0.05) is 16.9 Å². The van der Waals surface area contributed by atoms with Crippen molar-refractivity contribution in [2.45, 2.75) is 49.0 Å². The van der Waals surface area contributed by atoms with Crippen LogP contribution in [-0.2, 0) is 27.8 Å². The van der Waals surface area contributed by atoms with Gasteiger partial charge in [0.25, 0.3) is 0 Å². The van der Waals surface area contributed by atoms with Gasteiger partial charge in [-0.25, -0.2) is 18.4 Å². The minimum absolute atomic E-state index is 0.0694. The molecule has 38 heavy (non-hydrogen) atoms. The molecule has 0 aliphatic carbocycles. The zero-order valence-electron chi connectivity index (χ0n) is 20.5. The van der Waals surface area contributed by atoms with E-state index in [0.29, 0.717) is 11.1 Å². The van der Waals surface area contributed by atoms with Crippen molar-refractivity contribution in [2.75, 3.05) is 13.2 Å². The van der Waals surface area contributed by atoms with E-state index in [9.17, 15) is 27.1 Å². The maximum absolute atomic E-state index is 14.7. The number of hydrogen-bond acceptors (Lipinski definition) is 6. The Labute approximate surface area is 220 Å². The van der Waals surface area contributed by atoms with Crippen LogP contribution < -0.4 is 0 Å². The number of benzene rings is 2. The molecule has 0 saturated carbocycles. The Morgan fingerprint density at radius 2 is 1.84 bits per heavy atom. The molecule has 2 aromatic carbocycles. The van der Waals surface area contributed by atoms with Gasteiger partial charge in [0.1, 0.15) is 29.9 Å². The molecule has 12 heteroatoms. The number of aliphatic hydroxyl groups is 1. The lowest BCUT2D eigenvalue weighted by molar-refractivity contribution is -0.146. The molecule has 1 fully saturated rings. The van der Waals surface area contributed by atoms with Crippen LogP contribution in [0.1, 0.15) is 30.5 Å². The number of halogens is 5. The van der Waals surface area contributed by atoms with Crippen LogP contribution in [0.4, 0.5) is 22.0 Å². The van der Waals surface area contributed by atoms with Gasteiger partial charge in [-0.2, -0.15) is 18.3 Å². The summed E-state index contributed by atoms with van der Waals surface area (Å²) in [5, 5.41) is 14.9. The number of hydrogen-bond donors (Lipinski definition) is 1. The predicted molar refractivity (Wildman–Crippen MR) is 132 cm³/mol. The van der Waals surface area contributed by atoms with E-state index in [1.165, 1.54) is 47.3 Å². The number of rotatable bonds is 8. The molecule has 4 rings (SSSR count). The first-order valence-electron chi connectivity index (χ1n) is 11.7. The van der Waals surface area contributed by atoms with Gasteiger partial charge in [-0.05, 0) is 42.3 Å². The lowest BCUT2D eigenvalue weighted by Gasteiger charge is -2.37. The second kappa shape index (κ2) is 11.5. The second-order valence-electron chi connectivity index (χ2n) is 9.00. The van der Waals surface area contributed by atoms with Crippen molar-refractivity contribution in [3.63, 3.8) is 0 Å². The van der Waals surface area contributed by atoms with Crippen molar-refractivity contribution in [2.24, 2.45) is 0 Å². The van der Waals surface area contributed by atoms with Crippen molar-refractivity contribution in [3.05, 3.63) is 89.5 Å². The number of allylic oxidation sites excluding steroid dienone is 1. The van der Waals surface area contributed by atoms with Gasteiger partial charge in [0.05, 0.1) is 30.6 Å². The van der Waals surface area contributed by atoms with Gasteiger partial charge >= 0.3 is 6.18 Å². The lowest BCUT2D eigenvalue weighted by atomic mass is 9.90. The zero-order chi connectivity index (χ0) is 27.5.